The van der Waals surface area contributed by atoms with Crippen LogP contribution in [0.25, 0.3) is 0 Å². The van der Waals surface area contributed by atoms with Crippen LogP contribution in [0.15, 0.2) is 101 Å². The summed E-state index contributed by atoms with van der Waals surface area (Å²) < 4.78 is 23.9. The molecule has 0 saturated carbocycles. The van der Waals surface area contributed by atoms with Gasteiger partial charge >= 0.3 is 0 Å². The van der Waals surface area contributed by atoms with Crippen molar-refractivity contribution in [2.75, 3.05) is 14.2 Å². The second-order valence-electron chi connectivity index (χ2n) is 13.8. The predicted octanol–water partition coefficient (Wildman–Crippen LogP) is 6.82. The lowest BCUT2D eigenvalue weighted by Crippen LogP contribution is -2.44. The molecular formula is C43H37N5O6. The van der Waals surface area contributed by atoms with Gasteiger partial charge in [0.15, 0.2) is 23.0 Å². The highest BCUT2D eigenvalue weighted by Crippen LogP contribution is 2.40. The zero-order chi connectivity index (χ0) is 36.8. The van der Waals surface area contributed by atoms with Crippen molar-refractivity contribution in [3.8, 4) is 23.0 Å². The molecule has 0 bridgehead atoms. The number of fused-ring (bicyclic) bond motifs is 6. The van der Waals surface area contributed by atoms with Gasteiger partial charge in [0.05, 0.1) is 48.8 Å². The van der Waals surface area contributed by atoms with Gasteiger partial charge < -0.3 is 28.7 Å². The maximum Gasteiger partial charge on any atom is 0.257 e. The maximum atomic E-state index is 13.8. The smallest absolute Gasteiger partial charge is 0.257 e. The molecule has 0 spiro atoms. The second kappa shape index (κ2) is 13.8. The third-order valence-corrected chi connectivity index (χ3v) is 10.5. The fourth-order valence-electron chi connectivity index (χ4n) is 7.67. The zero-order valence-corrected chi connectivity index (χ0v) is 29.9. The number of ether oxygens (including phenoxy) is 4. The number of benzene rings is 4. The normalized spacial score (nSPS) is 17.9. The topological polar surface area (TPSA) is 115 Å². The molecule has 5 heterocycles. The molecule has 0 saturated heterocycles. The summed E-state index contributed by atoms with van der Waals surface area (Å²) in [4.78, 5) is 45.2. The summed E-state index contributed by atoms with van der Waals surface area (Å²) in [5, 5.41) is 0. The first-order chi connectivity index (χ1) is 26.4. The number of hydrogen-bond donors (Lipinski definition) is 0. The lowest BCUT2D eigenvalue weighted by atomic mass is 9.94. The van der Waals surface area contributed by atoms with E-state index in [1.807, 2.05) is 52.6 Å². The molecule has 4 aliphatic rings. The number of amides is 2. The average molecular weight is 720 g/mol. The minimum atomic E-state index is -0.132. The molecule has 4 aromatic carbocycles. The van der Waals surface area contributed by atoms with E-state index in [4.69, 9.17) is 28.9 Å². The molecule has 1 aromatic heterocycles. The number of aromatic nitrogens is 1. The van der Waals surface area contributed by atoms with Gasteiger partial charge in [0.2, 0.25) is 0 Å². The van der Waals surface area contributed by atoms with Crippen LogP contribution >= 0.6 is 0 Å². The molecule has 0 N–H and O–H groups in total. The van der Waals surface area contributed by atoms with Crippen molar-refractivity contribution in [3.05, 3.63) is 136 Å². The Labute approximate surface area is 312 Å². The fraction of sp³-hybridized carbons (Fsp3) is 0.233. The Hall–Kier alpha value is -6.49. The van der Waals surface area contributed by atoms with E-state index in [2.05, 4.69) is 29.2 Å². The number of pyridine rings is 1. The number of nitrogens with zero attached hydrogens (tertiary/aromatic N) is 5. The summed E-state index contributed by atoms with van der Waals surface area (Å²) in [5.74, 6) is 1.65. The van der Waals surface area contributed by atoms with E-state index < -0.39 is 0 Å². The quantitative estimate of drug-likeness (QED) is 0.173. The molecule has 0 fully saturated rings. The van der Waals surface area contributed by atoms with Crippen LogP contribution in [0.2, 0.25) is 0 Å². The Balaban J connectivity index is 0.897. The van der Waals surface area contributed by atoms with E-state index >= 15 is 0 Å². The molecule has 0 radical (unpaired) electrons. The van der Waals surface area contributed by atoms with Crippen LogP contribution in [0.3, 0.4) is 0 Å². The van der Waals surface area contributed by atoms with Gasteiger partial charge in [-0.2, -0.15) is 0 Å². The van der Waals surface area contributed by atoms with Crippen LogP contribution in [-0.4, -0.2) is 65.3 Å². The molecule has 9 rings (SSSR count). The number of aliphatic imine (C=N–C) groups is 2. The van der Waals surface area contributed by atoms with Crippen LogP contribution in [0.1, 0.15) is 54.1 Å². The summed E-state index contributed by atoms with van der Waals surface area (Å²) >= 11 is 0. The molecule has 0 aliphatic carbocycles. The highest BCUT2D eigenvalue weighted by molar-refractivity contribution is 6.04. The van der Waals surface area contributed by atoms with Crippen LogP contribution in [0.4, 0.5) is 11.4 Å². The van der Waals surface area contributed by atoms with Crippen molar-refractivity contribution >= 4 is 35.6 Å². The first kappa shape index (κ1) is 33.4. The molecule has 54 heavy (non-hydrogen) atoms. The SMILES string of the molecule is COc1cc2c(cc1OCc1cncc(COc3cc4c(cc3OC)C(=O)N3Cc5ccccc5C[C@H]3C=N4)c1)N=C[C@@H]1Cc3ccccc3CN1C2=O. The van der Waals surface area contributed by atoms with Gasteiger partial charge in [-0.3, -0.25) is 24.6 Å². The molecule has 11 heteroatoms. The van der Waals surface area contributed by atoms with Crippen LogP contribution in [-0.2, 0) is 39.1 Å². The van der Waals surface area contributed by atoms with Gasteiger partial charge in [-0.1, -0.05) is 48.5 Å². The molecule has 270 valence electrons. The summed E-state index contributed by atoms with van der Waals surface area (Å²) in [6.45, 7) is 1.44. The van der Waals surface area contributed by atoms with Crippen LogP contribution in [0.5, 0.6) is 23.0 Å². The highest BCUT2D eigenvalue weighted by atomic mass is 16.5. The minimum absolute atomic E-state index is 0.0879. The zero-order valence-electron chi connectivity index (χ0n) is 29.9. The number of rotatable bonds is 8. The first-order valence-electron chi connectivity index (χ1n) is 17.9. The maximum absolute atomic E-state index is 13.8. The second-order valence-corrected chi connectivity index (χ2v) is 13.8. The van der Waals surface area contributed by atoms with E-state index in [0.29, 0.717) is 71.4 Å². The first-order valence-corrected chi connectivity index (χ1v) is 17.9. The van der Waals surface area contributed by atoms with Crippen molar-refractivity contribution < 1.29 is 28.5 Å². The molecular weight excluding hydrogens is 683 g/mol. The lowest BCUT2D eigenvalue weighted by molar-refractivity contribution is 0.0696. The molecule has 11 nitrogen and oxygen atoms in total. The fourth-order valence-corrected chi connectivity index (χ4v) is 7.67. The molecule has 0 unspecified atom stereocenters. The molecule has 2 amide bonds. The van der Waals surface area contributed by atoms with E-state index in [9.17, 15) is 9.59 Å². The average Bonchev–Trinajstić information content (AvgIpc) is 3.42. The van der Waals surface area contributed by atoms with Crippen molar-refractivity contribution in [2.24, 2.45) is 9.98 Å². The Morgan fingerprint density at radius 3 is 1.48 bits per heavy atom. The highest BCUT2D eigenvalue weighted by Gasteiger charge is 2.35. The van der Waals surface area contributed by atoms with Crippen molar-refractivity contribution in [3.63, 3.8) is 0 Å². The van der Waals surface area contributed by atoms with Crippen molar-refractivity contribution in [2.45, 2.75) is 51.2 Å². The van der Waals surface area contributed by atoms with E-state index in [1.165, 1.54) is 11.1 Å². The number of hydrogen-bond acceptors (Lipinski definition) is 9. The Kier molecular flexibility index (Phi) is 8.53. The van der Waals surface area contributed by atoms with Crippen LogP contribution < -0.4 is 18.9 Å². The van der Waals surface area contributed by atoms with Crippen LogP contribution in [0, 0.1) is 0 Å². The third kappa shape index (κ3) is 6.11. The number of methoxy groups -OCH3 is 2. The van der Waals surface area contributed by atoms with Crippen molar-refractivity contribution in [1.29, 1.82) is 0 Å². The monoisotopic (exact) mass is 719 g/mol. The Morgan fingerprint density at radius 2 is 1.04 bits per heavy atom. The molecule has 5 aromatic rings. The molecule has 4 aliphatic heterocycles. The van der Waals surface area contributed by atoms with Gasteiger partial charge in [0.25, 0.3) is 11.8 Å². The number of carbonyl (C=O) groups excluding carboxylic acids is 2. The van der Waals surface area contributed by atoms with Gasteiger partial charge in [0.1, 0.15) is 13.2 Å². The molecule has 2 atom stereocenters. The summed E-state index contributed by atoms with van der Waals surface area (Å²) in [5.41, 5.74) is 8.41. The summed E-state index contributed by atoms with van der Waals surface area (Å²) in [7, 11) is 3.11. The predicted molar refractivity (Wildman–Crippen MR) is 203 cm³/mol. The number of carbonyl (C=O) groups is 2. The minimum Gasteiger partial charge on any atom is -0.493 e. The van der Waals surface area contributed by atoms with Gasteiger partial charge in [-0.05, 0) is 53.3 Å². The van der Waals surface area contributed by atoms with Crippen molar-refractivity contribution in [1.82, 2.24) is 14.8 Å². The Bertz CT molecular complexity index is 2210. The Morgan fingerprint density at radius 1 is 0.593 bits per heavy atom. The standard InChI is InChI=1S/C43H37N5O6/c1-51-38-14-34-36(45-20-32-12-28-7-3-5-9-30(28)22-47(32)42(34)49)16-40(38)53-24-26-11-27(19-44-18-26)25-54-41-17-37-35(15-39(41)52-2)43(50)48-23-31-10-6-4-8-29(31)13-33(48)21-46-37/h3-11,14-21,32-33H,12-13,22-25H2,1-2H3/t32-,33-/m0/s1. The third-order valence-electron chi connectivity index (χ3n) is 10.5. The van der Waals surface area contributed by atoms with E-state index in [1.54, 1.807) is 50.9 Å². The summed E-state index contributed by atoms with van der Waals surface area (Å²) in [6, 6.07) is 25.1. The van der Waals surface area contributed by atoms with E-state index in [-0.39, 0.29) is 37.1 Å². The van der Waals surface area contributed by atoms with Gasteiger partial charge in [0, 0.05) is 61.2 Å². The summed E-state index contributed by atoms with van der Waals surface area (Å²) in [6.07, 6.45) is 8.61. The van der Waals surface area contributed by atoms with E-state index in [0.717, 1.165) is 22.3 Å². The largest absolute Gasteiger partial charge is 0.493 e. The van der Waals surface area contributed by atoms with Gasteiger partial charge in [-0.25, -0.2) is 0 Å². The van der Waals surface area contributed by atoms with Gasteiger partial charge in [-0.15, -0.1) is 0 Å². The lowest BCUT2D eigenvalue weighted by Gasteiger charge is -2.34.